The molecular formula is C17H15Cl2N5. The fraction of sp³-hybridized carbons (Fsp3) is 0.118. The maximum Gasteiger partial charge on any atom is 0.249 e. The minimum absolute atomic E-state index is 0.440. The highest BCUT2D eigenvalue weighted by molar-refractivity contribution is 6.35. The molecule has 0 unspecified atom stereocenters. The normalized spacial score (nSPS) is 10.4. The van der Waals surface area contributed by atoms with Gasteiger partial charge in [0.25, 0.3) is 0 Å². The topological polar surface area (TPSA) is 62.7 Å². The smallest absolute Gasteiger partial charge is 0.249 e. The number of hydrogen-bond acceptors (Lipinski definition) is 5. The number of anilines is 3. The number of nitrogens with zero attached hydrogens (tertiary/aromatic N) is 3. The van der Waals surface area contributed by atoms with E-state index in [4.69, 9.17) is 23.2 Å². The lowest BCUT2D eigenvalue weighted by molar-refractivity contribution is 0.950. The van der Waals surface area contributed by atoms with Gasteiger partial charge in [-0.25, -0.2) is 0 Å². The fourth-order valence-corrected chi connectivity index (χ4v) is 2.64. The zero-order chi connectivity index (χ0) is 16.8. The maximum absolute atomic E-state index is 6.17. The molecule has 0 aliphatic carbocycles. The molecule has 3 rings (SSSR count). The summed E-state index contributed by atoms with van der Waals surface area (Å²) in [5, 5.41) is 15.6. The second-order valence-corrected chi connectivity index (χ2v) is 5.91. The van der Waals surface area contributed by atoms with Gasteiger partial charge in [0.1, 0.15) is 0 Å². The number of aromatic nitrogens is 3. The number of para-hydroxylation sites is 1. The highest BCUT2D eigenvalue weighted by Crippen LogP contribution is 2.21. The lowest BCUT2D eigenvalue weighted by atomic mass is 10.1. The van der Waals surface area contributed by atoms with Gasteiger partial charge in [-0.1, -0.05) is 47.5 Å². The van der Waals surface area contributed by atoms with Gasteiger partial charge in [-0.15, -0.1) is 5.10 Å². The van der Waals surface area contributed by atoms with Crippen molar-refractivity contribution in [1.82, 2.24) is 15.2 Å². The molecule has 0 saturated heterocycles. The van der Waals surface area contributed by atoms with E-state index < -0.39 is 0 Å². The Kier molecular flexibility index (Phi) is 5.46. The summed E-state index contributed by atoms with van der Waals surface area (Å²) in [4.78, 5) is 4.39. The first kappa shape index (κ1) is 16.5. The van der Waals surface area contributed by atoms with Gasteiger partial charge in [0, 0.05) is 22.3 Å². The van der Waals surface area contributed by atoms with E-state index in [0.717, 1.165) is 17.7 Å². The van der Waals surface area contributed by atoms with Crippen LogP contribution in [0.4, 0.5) is 17.5 Å². The molecule has 122 valence electrons. The van der Waals surface area contributed by atoms with Crippen molar-refractivity contribution in [2.45, 2.75) is 6.42 Å². The predicted molar refractivity (Wildman–Crippen MR) is 98.2 cm³/mol. The molecule has 0 saturated carbocycles. The summed E-state index contributed by atoms with van der Waals surface area (Å²) < 4.78 is 0. The molecule has 0 radical (unpaired) electrons. The third-order valence-electron chi connectivity index (χ3n) is 3.30. The first-order chi connectivity index (χ1) is 11.7. The molecule has 0 spiro atoms. The molecule has 0 aliphatic rings. The molecule has 0 amide bonds. The van der Waals surface area contributed by atoms with E-state index in [1.807, 2.05) is 42.5 Å². The summed E-state index contributed by atoms with van der Waals surface area (Å²) in [6.45, 7) is 0.671. The van der Waals surface area contributed by atoms with Crippen molar-refractivity contribution in [3.8, 4) is 0 Å². The van der Waals surface area contributed by atoms with E-state index in [-0.39, 0.29) is 0 Å². The van der Waals surface area contributed by atoms with E-state index in [9.17, 15) is 0 Å². The Bertz CT molecular complexity index is 811. The summed E-state index contributed by atoms with van der Waals surface area (Å²) in [6.07, 6.45) is 2.33. The van der Waals surface area contributed by atoms with Gasteiger partial charge in [-0.2, -0.15) is 10.1 Å². The number of halogens is 2. The van der Waals surface area contributed by atoms with Crippen molar-refractivity contribution in [1.29, 1.82) is 0 Å². The number of benzene rings is 2. The molecule has 0 atom stereocenters. The Morgan fingerprint density at radius 3 is 2.62 bits per heavy atom. The van der Waals surface area contributed by atoms with Crippen LogP contribution < -0.4 is 10.6 Å². The van der Waals surface area contributed by atoms with Crippen LogP contribution in [0.15, 0.2) is 54.7 Å². The summed E-state index contributed by atoms with van der Waals surface area (Å²) in [5.74, 6) is 1.09. The zero-order valence-corrected chi connectivity index (χ0v) is 14.2. The van der Waals surface area contributed by atoms with Crippen LogP contribution in [0.2, 0.25) is 10.0 Å². The van der Waals surface area contributed by atoms with Gasteiger partial charge in [0.2, 0.25) is 5.95 Å². The van der Waals surface area contributed by atoms with Gasteiger partial charge in [-0.3, -0.25) is 0 Å². The number of rotatable bonds is 6. The maximum atomic E-state index is 6.17. The van der Waals surface area contributed by atoms with E-state index >= 15 is 0 Å². The number of nitrogens with one attached hydrogen (secondary N) is 2. The zero-order valence-electron chi connectivity index (χ0n) is 12.7. The summed E-state index contributed by atoms with van der Waals surface area (Å²) in [7, 11) is 0. The monoisotopic (exact) mass is 359 g/mol. The second-order valence-electron chi connectivity index (χ2n) is 5.07. The van der Waals surface area contributed by atoms with Crippen LogP contribution >= 0.6 is 23.2 Å². The van der Waals surface area contributed by atoms with Crippen molar-refractivity contribution in [3.63, 3.8) is 0 Å². The van der Waals surface area contributed by atoms with Crippen LogP contribution in [0.25, 0.3) is 0 Å². The first-order valence-corrected chi connectivity index (χ1v) is 8.16. The van der Waals surface area contributed by atoms with Crippen molar-refractivity contribution in [3.05, 3.63) is 70.3 Å². The van der Waals surface area contributed by atoms with Crippen LogP contribution in [-0.4, -0.2) is 21.7 Å². The van der Waals surface area contributed by atoms with E-state index in [1.54, 1.807) is 12.3 Å². The predicted octanol–water partition coefficient (Wildman–Crippen LogP) is 4.58. The van der Waals surface area contributed by atoms with Gasteiger partial charge < -0.3 is 10.6 Å². The highest BCUT2D eigenvalue weighted by Gasteiger charge is 2.03. The summed E-state index contributed by atoms with van der Waals surface area (Å²) in [6, 6.07) is 15.2. The molecule has 7 heteroatoms. The van der Waals surface area contributed by atoms with E-state index in [2.05, 4.69) is 25.8 Å². The highest BCUT2D eigenvalue weighted by atomic mass is 35.5. The van der Waals surface area contributed by atoms with Crippen LogP contribution in [0.1, 0.15) is 5.56 Å². The van der Waals surface area contributed by atoms with Crippen LogP contribution in [-0.2, 0) is 6.42 Å². The second kappa shape index (κ2) is 7.95. The summed E-state index contributed by atoms with van der Waals surface area (Å²) in [5.41, 5.74) is 1.93. The molecule has 1 aromatic heterocycles. The van der Waals surface area contributed by atoms with E-state index in [1.165, 1.54) is 0 Å². The SMILES string of the molecule is Clc1ccc(CCNc2cnnc(Nc3ccccc3)n2)c(Cl)c1. The minimum Gasteiger partial charge on any atom is -0.368 e. The third kappa shape index (κ3) is 4.57. The Morgan fingerprint density at radius 1 is 1.00 bits per heavy atom. The van der Waals surface area contributed by atoms with Crippen LogP contribution in [0.5, 0.6) is 0 Å². The van der Waals surface area contributed by atoms with Crippen LogP contribution in [0.3, 0.4) is 0 Å². The lowest BCUT2D eigenvalue weighted by Gasteiger charge is -2.08. The largest absolute Gasteiger partial charge is 0.368 e. The quantitative estimate of drug-likeness (QED) is 0.674. The fourth-order valence-electron chi connectivity index (χ4n) is 2.14. The molecule has 3 aromatic rings. The van der Waals surface area contributed by atoms with Crippen molar-refractivity contribution in [2.75, 3.05) is 17.2 Å². The molecule has 2 aromatic carbocycles. The minimum atomic E-state index is 0.440. The van der Waals surface area contributed by atoms with Crippen molar-refractivity contribution < 1.29 is 0 Å². The van der Waals surface area contributed by atoms with Gasteiger partial charge in [-0.05, 0) is 36.2 Å². The van der Waals surface area contributed by atoms with Crippen molar-refractivity contribution >= 4 is 40.7 Å². The Hall–Kier alpha value is -2.37. The lowest BCUT2D eigenvalue weighted by Crippen LogP contribution is -2.09. The average Bonchev–Trinajstić information content (AvgIpc) is 2.58. The first-order valence-electron chi connectivity index (χ1n) is 7.40. The molecule has 24 heavy (non-hydrogen) atoms. The van der Waals surface area contributed by atoms with E-state index in [0.29, 0.717) is 28.4 Å². The molecule has 1 heterocycles. The average molecular weight is 360 g/mol. The Morgan fingerprint density at radius 2 is 1.83 bits per heavy atom. The van der Waals surface area contributed by atoms with Crippen LogP contribution in [0, 0.1) is 0 Å². The van der Waals surface area contributed by atoms with Gasteiger partial charge in [0.15, 0.2) is 5.82 Å². The molecule has 5 nitrogen and oxygen atoms in total. The summed E-state index contributed by atoms with van der Waals surface area (Å²) >= 11 is 12.1. The molecule has 0 fully saturated rings. The molecule has 0 bridgehead atoms. The third-order valence-corrected chi connectivity index (χ3v) is 3.89. The standard InChI is InChI=1S/C17H15Cl2N5/c18-13-7-6-12(15(19)10-13)8-9-20-16-11-21-24-17(23-16)22-14-4-2-1-3-5-14/h1-7,10-11H,8-9H2,(H2,20,22,23,24). The molecular weight excluding hydrogens is 345 g/mol. The Labute approximate surface area is 150 Å². The molecule has 2 N–H and O–H groups in total. The number of hydrogen-bond donors (Lipinski definition) is 2. The van der Waals surface area contributed by atoms with Gasteiger partial charge in [0.05, 0.1) is 6.20 Å². The Balaban J connectivity index is 1.58. The van der Waals surface area contributed by atoms with Gasteiger partial charge >= 0.3 is 0 Å². The van der Waals surface area contributed by atoms with Crippen molar-refractivity contribution in [2.24, 2.45) is 0 Å². The molecule has 0 aliphatic heterocycles.